The van der Waals surface area contributed by atoms with Crippen molar-refractivity contribution in [3.05, 3.63) is 0 Å². The standard InChI is InChI=1S/C9H20.C4H9NO/c1-3-5-7-9-8-6-4-2;1-3-4(6)5-2/h3-9H2,1-2H3;3H2,1-2H3,(H,5,6). The first-order valence-corrected chi connectivity index (χ1v) is 6.43. The molecule has 0 fully saturated rings. The van der Waals surface area contributed by atoms with Crippen LogP contribution in [0.25, 0.3) is 0 Å². The molecule has 0 unspecified atom stereocenters. The van der Waals surface area contributed by atoms with Crippen molar-refractivity contribution in [3.63, 3.8) is 0 Å². The average Bonchev–Trinajstić information content (AvgIpc) is 2.29. The molecule has 0 atom stereocenters. The van der Waals surface area contributed by atoms with Crippen LogP contribution in [0.4, 0.5) is 0 Å². The third-order valence-electron chi connectivity index (χ3n) is 2.31. The van der Waals surface area contributed by atoms with Gasteiger partial charge < -0.3 is 5.32 Å². The lowest BCUT2D eigenvalue weighted by Crippen LogP contribution is -2.15. The minimum atomic E-state index is 0.0926. The van der Waals surface area contributed by atoms with Crippen LogP contribution in [0.2, 0.25) is 0 Å². The Morgan fingerprint density at radius 2 is 1.27 bits per heavy atom. The predicted octanol–water partition coefficient (Wildman–Crippen LogP) is 3.90. The molecule has 0 aromatic carbocycles. The van der Waals surface area contributed by atoms with Crippen molar-refractivity contribution >= 4 is 5.91 Å². The van der Waals surface area contributed by atoms with Crippen molar-refractivity contribution < 1.29 is 4.79 Å². The van der Waals surface area contributed by atoms with Gasteiger partial charge >= 0.3 is 0 Å². The van der Waals surface area contributed by atoms with Gasteiger partial charge in [-0.2, -0.15) is 0 Å². The van der Waals surface area contributed by atoms with Gasteiger partial charge in [0.25, 0.3) is 0 Å². The molecule has 2 heteroatoms. The molecule has 15 heavy (non-hydrogen) atoms. The first-order chi connectivity index (χ1) is 7.22. The Labute approximate surface area is 95.8 Å². The van der Waals surface area contributed by atoms with Gasteiger partial charge in [0.1, 0.15) is 0 Å². The zero-order chi connectivity index (χ0) is 11.9. The first-order valence-electron chi connectivity index (χ1n) is 6.43. The fraction of sp³-hybridized carbons (Fsp3) is 0.923. The van der Waals surface area contributed by atoms with E-state index in [9.17, 15) is 4.79 Å². The van der Waals surface area contributed by atoms with E-state index in [0.29, 0.717) is 6.42 Å². The smallest absolute Gasteiger partial charge is 0.219 e. The minimum Gasteiger partial charge on any atom is -0.359 e. The Morgan fingerprint density at radius 1 is 0.867 bits per heavy atom. The van der Waals surface area contributed by atoms with Crippen molar-refractivity contribution in [1.29, 1.82) is 0 Å². The molecule has 92 valence electrons. The molecule has 2 nitrogen and oxygen atoms in total. The monoisotopic (exact) mass is 215 g/mol. The van der Waals surface area contributed by atoms with Crippen molar-refractivity contribution in [3.8, 4) is 0 Å². The Morgan fingerprint density at radius 3 is 1.47 bits per heavy atom. The highest BCUT2D eigenvalue weighted by atomic mass is 16.1. The molecule has 0 bridgehead atoms. The molecule has 0 saturated heterocycles. The van der Waals surface area contributed by atoms with E-state index >= 15 is 0 Å². The molecular weight excluding hydrogens is 186 g/mol. The molecule has 0 saturated carbocycles. The number of carbonyl (C=O) groups excluding carboxylic acids is 1. The maximum atomic E-state index is 10.1. The number of carbonyl (C=O) groups is 1. The molecule has 0 spiro atoms. The molecule has 1 amide bonds. The molecule has 0 rings (SSSR count). The lowest BCUT2D eigenvalue weighted by atomic mass is 10.1. The highest BCUT2D eigenvalue weighted by Crippen LogP contribution is 2.05. The molecule has 0 radical (unpaired) electrons. The van der Waals surface area contributed by atoms with Crippen LogP contribution in [0.15, 0.2) is 0 Å². The lowest BCUT2D eigenvalue weighted by Gasteiger charge is -1.96. The van der Waals surface area contributed by atoms with E-state index in [-0.39, 0.29) is 5.91 Å². The molecule has 0 aliphatic rings. The molecule has 0 aromatic rings. The number of rotatable bonds is 7. The van der Waals surface area contributed by atoms with Crippen LogP contribution in [0.1, 0.15) is 72.1 Å². The van der Waals surface area contributed by atoms with Crippen molar-refractivity contribution in [1.82, 2.24) is 5.32 Å². The Hall–Kier alpha value is -0.530. The second-order valence-electron chi connectivity index (χ2n) is 3.79. The van der Waals surface area contributed by atoms with E-state index in [4.69, 9.17) is 0 Å². The summed E-state index contributed by atoms with van der Waals surface area (Å²) in [5, 5.41) is 2.48. The largest absolute Gasteiger partial charge is 0.359 e. The first kappa shape index (κ1) is 16.9. The summed E-state index contributed by atoms with van der Waals surface area (Å²) in [5.74, 6) is 0.0926. The fourth-order valence-corrected chi connectivity index (χ4v) is 1.21. The van der Waals surface area contributed by atoms with Gasteiger partial charge in [-0.25, -0.2) is 0 Å². The highest BCUT2D eigenvalue weighted by molar-refractivity contribution is 5.74. The van der Waals surface area contributed by atoms with Gasteiger partial charge in [-0.1, -0.05) is 65.7 Å². The van der Waals surface area contributed by atoms with E-state index < -0.39 is 0 Å². The number of hydrogen-bond donors (Lipinski definition) is 1. The van der Waals surface area contributed by atoms with E-state index in [2.05, 4.69) is 19.2 Å². The van der Waals surface area contributed by atoms with E-state index in [1.807, 2.05) is 6.92 Å². The van der Waals surface area contributed by atoms with Gasteiger partial charge in [0.2, 0.25) is 5.91 Å². The second kappa shape index (κ2) is 15.9. The van der Waals surface area contributed by atoms with E-state index in [1.54, 1.807) is 7.05 Å². The summed E-state index contributed by atoms with van der Waals surface area (Å²) in [6, 6.07) is 0. The third-order valence-corrected chi connectivity index (χ3v) is 2.31. The van der Waals surface area contributed by atoms with Crippen LogP contribution in [-0.2, 0) is 4.79 Å². The van der Waals surface area contributed by atoms with Gasteiger partial charge in [0, 0.05) is 13.5 Å². The zero-order valence-electron chi connectivity index (χ0n) is 11.1. The van der Waals surface area contributed by atoms with Gasteiger partial charge in [0.05, 0.1) is 0 Å². The summed E-state index contributed by atoms with van der Waals surface area (Å²) < 4.78 is 0. The maximum absolute atomic E-state index is 10.1. The average molecular weight is 215 g/mol. The summed E-state index contributed by atoms with van der Waals surface area (Å²) >= 11 is 0. The van der Waals surface area contributed by atoms with Gasteiger partial charge in [-0.05, 0) is 0 Å². The topological polar surface area (TPSA) is 29.1 Å². The normalized spacial score (nSPS) is 9.07. The summed E-state index contributed by atoms with van der Waals surface area (Å²) in [6.45, 7) is 6.35. The third kappa shape index (κ3) is 19.8. The Bertz CT molecular complexity index is 112. The van der Waals surface area contributed by atoms with Crippen molar-refractivity contribution in [2.24, 2.45) is 0 Å². The summed E-state index contributed by atoms with van der Waals surface area (Å²) in [5.41, 5.74) is 0. The number of unbranched alkanes of at least 4 members (excludes halogenated alkanes) is 6. The van der Waals surface area contributed by atoms with Gasteiger partial charge in [-0.15, -0.1) is 0 Å². The second-order valence-corrected chi connectivity index (χ2v) is 3.79. The quantitative estimate of drug-likeness (QED) is 0.641. The van der Waals surface area contributed by atoms with Crippen LogP contribution < -0.4 is 5.32 Å². The predicted molar refractivity (Wildman–Crippen MR) is 68.0 cm³/mol. The minimum absolute atomic E-state index is 0.0926. The molecule has 0 aliphatic heterocycles. The SMILES string of the molecule is CCC(=O)NC.CCCCCCCCC. The molecule has 0 aromatic heterocycles. The van der Waals surface area contributed by atoms with Crippen LogP contribution in [0, 0.1) is 0 Å². The highest BCUT2D eigenvalue weighted by Gasteiger charge is 1.86. The maximum Gasteiger partial charge on any atom is 0.219 e. The number of hydrogen-bond acceptors (Lipinski definition) is 1. The zero-order valence-corrected chi connectivity index (χ0v) is 11.1. The summed E-state index contributed by atoms with van der Waals surface area (Å²) in [6.07, 6.45) is 10.6. The Balaban J connectivity index is 0. The van der Waals surface area contributed by atoms with Crippen LogP contribution in [0.3, 0.4) is 0 Å². The van der Waals surface area contributed by atoms with E-state index in [1.165, 1.54) is 44.9 Å². The van der Waals surface area contributed by atoms with Gasteiger partial charge in [-0.3, -0.25) is 4.79 Å². The van der Waals surface area contributed by atoms with Crippen LogP contribution in [-0.4, -0.2) is 13.0 Å². The van der Waals surface area contributed by atoms with Crippen molar-refractivity contribution in [2.75, 3.05) is 7.05 Å². The number of amides is 1. The number of nitrogens with one attached hydrogen (secondary N) is 1. The molecule has 0 heterocycles. The summed E-state index contributed by atoms with van der Waals surface area (Å²) in [7, 11) is 1.63. The van der Waals surface area contributed by atoms with Crippen LogP contribution in [0.5, 0.6) is 0 Å². The van der Waals surface area contributed by atoms with Gasteiger partial charge in [0.15, 0.2) is 0 Å². The van der Waals surface area contributed by atoms with Crippen molar-refractivity contribution in [2.45, 2.75) is 72.1 Å². The molecule has 1 N–H and O–H groups in total. The Kier molecular flexibility index (Phi) is 17.9. The lowest BCUT2D eigenvalue weighted by molar-refractivity contribution is -0.120. The van der Waals surface area contributed by atoms with Crippen LogP contribution >= 0.6 is 0 Å². The molecular formula is C13H29NO. The fourth-order valence-electron chi connectivity index (χ4n) is 1.21. The summed E-state index contributed by atoms with van der Waals surface area (Å²) in [4.78, 5) is 10.1. The van der Waals surface area contributed by atoms with E-state index in [0.717, 1.165) is 0 Å². The molecule has 0 aliphatic carbocycles.